The number of ether oxygens (including phenoxy) is 1. The van der Waals surface area contributed by atoms with Gasteiger partial charge in [-0.25, -0.2) is 0 Å². The number of hydrogen-bond donors (Lipinski definition) is 4. The molecule has 0 bridgehead atoms. The van der Waals surface area contributed by atoms with Crippen LogP contribution in [-0.2, 0) is 0 Å². The summed E-state index contributed by atoms with van der Waals surface area (Å²) >= 11 is 7.26. The molecule has 4 N–H and O–H groups in total. The molecule has 0 amide bonds. The summed E-state index contributed by atoms with van der Waals surface area (Å²) in [6, 6.07) is 13.0. The van der Waals surface area contributed by atoms with Crippen LogP contribution >= 0.6 is 23.1 Å². The maximum absolute atomic E-state index is 10.0. The Morgan fingerprint density at radius 2 is 1.96 bits per heavy atom. The molecule has 0 radical (unpaired) electrons. The highest BCUT2D eigenvalue weighted by Gasteiger charge is 2.19. The van der Waals surface area contributed by atoms with Crippen LogP contribution in [0, 0.1) is 12.3 Å². The maximum Gasteiger partial charge on any atom is 0.236 e. The number of rotatable bonds is 6. The molecule has 146 valence electrons. The first-order valence-corrected chi connectivity index (χ1v) is 9.84. The fourth-order valence-corrected chi connectivity index (χ4v) is 3.46. The Morgan fingerprint density at radius 1 is 1.21 bits per heavy atom. The van der Waals surface area contributed by atoms with Crippen molar-refractivity contribution in [2.45, 2.75) is 26.8 Å². The molecule has 1 aromatic heterocycles. The van der Waals surface area contributed by atoms with Crippen LogP contribution < -0.4 is 15.4 Å². The third-order valence-corrected chi connectivity index (χ3v) is 4.91. The number of aromatic hydroxyl groups is 1. The molecule has 0 fully saturated rings. The van der Waals surface area contributed by atoms with Gasteiger partial charge < -0.3 is 20.5 Å². The number of nitrogens with one attached hydrogen (secondary N) is 3. The van der Waals surface area contributed by atoms with Crippen LogP contribution in [0.3, 0.4) is 0 Å². The molecule has 0 saturated heterocycles. The molecule has 8 heteroatoms. The normalized spacial score (nSPS) is 10.8. The second-order valence-electron chi connectivity index (χ2n) is 6.52. The molecule has 28 heavy (non-hydrogen) atoms. The minimum Gasteiger partial charge on any atom is -0.492 e. The zero-order valence-electron chi connectivity index (χ0n) is 15.7. The van der Waals surface area contributed by atoms with E-state index >= 15 is 0 Å². The predicted octanol–water partition coefficient (Wildman–Crippen LogP) is 5.67. The predicted molar refractivity (Wildman–Crippen MR) is 115 cm³/mol. The molecule has 2 aromatic carbocycles. The van der Waals surface area contributed by atoms with E-state index in [1.807, 2.05) is 57.2 Å². The Morgan fingerprint density at radius 3 is 2.64 bits per heavy atom. The van der Waals surface area contributed by atoms with Crippen molar-refractivity contribution in [1.29, 1.82) is 5.41 Å². The summed E-state index contributed by atoms with van der Waals surface area (Å²) in [5, 5.41) is 25.5. The highest BCUT2D eigenvalue weighted by atomic mass is 35.5. The van der Waals surface area contributed by atoms with Crippen molar-refractivity contribution < 1.29 is 9.84 Å². The highest BCUT2D eigenvalue weighted by Crippen LogP contribution is 2.35. The van der Waals surface area contributed by atoms with E-state index in [1.165, 1.54) is 0 Å². The Balaban J connectivity index is 1.80. The van der Waals surface area contributed by atoms with E-state index in [9.17, 15) is 5.11 Å². The van der Waals surface area contributed by atoms with Gasteiger partial charge in [-0.15, -0.1) is 0 Å². The first-order valence-electron chi connectivity index (χ1n) is 8.69. The maximum atomic E-state index is 10.0. The number of benzene rings is 2. The number of halogens is 1. The molecule has 3 aromatic rings. The number of hydrogen-bond acceptors (Lipinski definition) is 6. The number of aromatic nitrogens is 1. The van der Waals surface area contributed by atoms with Gasteiger partial charge in [-0.2, -0.15) is 4.37 Å². The van der Waals surface area contributed by atoms with Gasteiger partial charge in [0.25, 0.3) is 0 Å². The van der Waals surface area contributed by atoms with Crippen molar-refractivity contribution in [2.75, 3.05) is 5.32 Å². The van der Waals surface area contributed by atoms with Crippen molar-refractivity contribution in [3.05, 3.63) is 58.6 Å². The molecular weight excluding hydrogens is 396 g/mol. The lowest BCUT2D eigenvalue weighted by Crippen LogP contribution is -2.30. The van der Waals surface area contributed by atoms with E-state index in [4.69, 9.17) is 21.7 Å². The number of para-hydroxylation sites is 1. The third-order valence-electron chi connectivity index (χ3n) is 3.85. The van der Waals surface area contributed by atoms with E-state index in [0.29, 0.717) is 27.1 Å². The number of aryl methyl sites for hydroxylation is 1. The van der Waals surface area contributed by atoms with E-state index in [1.54, 1.807) is 6.07 Å². The molecule has 0 aliphatic heterocycles. The zero-order chi connectivity index (χ0) is 20.3. The van der Waals surface area contributed by atoms with Gasteiger partial charge in [0, 0.05) is 11.7 Å². The second-order valence-corrected chi connectivity index (χ2v) is 7.70. The van der Waals surface area contributed by atoms with Crippen LogP contribution in [0.5, 0.6) is 17.4 Å². The Bertz CT molecular complexity index is 1000. The molecule has 0 atom stereocenters. The lowest BCUT2D eigenvalue weighted by Gasteiger charge is -2.14. The largest absolute Gasteiger partial charge is 0.492 e. The average Bonchev–Trinajstić information content (AvgIpc) is 2.99. The minimum absolute atomic E-state index is 0.0723. The molecule has 1 heterocycles. The highest BCUT2D eigenvalue weighted by molar-refractivity contribution is 7.11. The lowest BCUT2D eigenvalue weighted by atomic mass is 10.2. The van der Waals surface area contributed by atoms with E-state index in [-0.39, 0.29) is 17.8 Å². The Labute approximate surface area is 172 Å². The van der Waals surface area contributed by atoms with Gasteiger partial charge in [-0.05, 0) is 68.2 Å². The zero-order valence-corrected chi connectivity index (χ0v) is 17.3. The number of amidine groups is 1. The molecular formula is C20H21ClN4O2S. The summed E-state index contributed by atoms with van der Waals surface area (Å²) in [5.74, 6) is 1.25. The summed E-state index contributed by atoms with van der Waals surface area (Å²) in [6.07, 6.45) is 0. The quantitative estimate of drug-likeness (QED) is 0.307. The van der Waals surface area contributed by atoms with Gasteiger partial charge in [-0.1, -0.05) is 23.7 Å². The van der Waals surface area contributed by atoms with Gasteiger partial charge in [0.05, 0.1) is 5.02 Å². The minimum atomic E-state index is -0.166. The summed E-state index contributed by atoms with van der Waals surface area (Å²) in [7, 11) is 0. The van der Waals surface area contributed by atoms with Crippen LogP contribution in [0.15, 0.2) is 42.5 Å². The SMILES string of the molecule is Cc1cc(Nc2snc(O)c2C(=N)NC(C)C)ccc1Oc1ccccc1Cl. The molecule has 0 aliphatic carbocycles. The smallest absolute Gasteiger partial charge is 0.236 e. The van der Waals surface area contributed by atoms with Crippen LogP contribution in [0.25, 0.3) is 0 Å². The Kier molecular flexibility index (Phi) is 6.06. The molecule has 0 saturated carbocycles. The summed E-state index contributed by atoms with van der Waals surface area (Å²) in [6.45, 7) is 5.80. The van der Waals surface area contributed by atoms with Crippen molar-refractivity contribution >= 4 is 39.7 Å². The van der Waals surface area contributed by atoms with Crippen LogP contribution in [-0.4, -0.2) is 21.4 Å². The van der Waals surface area contributed by atoms with Crippen LogP contribution in [0.2, 0.25) is 5.02 Å². The molecule has 0 spiro atoms. The fraction of sp³-hybridized carbons (Fsp3) is 0.200. The number of anilines is 2. The van der Waals surface area contributed by atoms with Crippen LogP contribution in [0.4, 0.5) is 10.7 Å². The third kappa shape index (κ3) is 4.55. The van der Waals surface area contributed by atoms with Crippen molar-refractivity contribution in [2.24, 2.45) is 0 Å². The van der Waals surface area contributed by atoms with Gasteiger partial charge in [0.2, 0.25) is 5.88 Å². The summed E-state index contributed by atoms with van der Waals surface area (Å²) in [4.78, 5) is 0. The van der Waals surface area contributed by atoms with E-state index in [0.717, 1.165) is 22.8 Å². The van der Waals surface area contributed by atoms with Crippen molar-refractivity contribution in [3.63, 3.8) is 0 Å². The lowest BCUT2D eigenvalue weighted by molar-refractivity contribution is 0.458. The Hall–Kier alpha value is -2.77. The summed E-state index contributed by atoms with van der Waals surface area (Å²) < 4.78 is 9.86. The molecule has 0 unspecified atom stereocenters. The van der Waals surface area contributed by atoms with Gasteiger partial charge in [0.15, 0.2) is 0 Å². The van der Waals surface area contributed by atoms with Crippen LogP contribution in [0.1, 0.15) is 25.0 Å². The first kappa shape index (κ1) is 20.0. The second kappa shape index (κ2) is 8.50. The van der Waals surface area contributed by atoms with Crippen molar-refractivity contribution in [3.8, 4) is 17.4 Å². The van der Waals surface area contributed by atoms with E-state index < -0.39 is 0 Å². The topological polar surface area (TPSA) is 90.3 Å². The molecule has 3 rings (SSSR count). The molecule has 6 nitrogen and oxygen atoms in total. The monoisotopic (exact) mass is 416 g/mol. The average molecular weight is 417 g/mol. The van der Waals surface area contributed by atoms with E-state index in [2.05, 4.69) is 15.0 Å². The van der Waals surface area contributed by atoms with Gasteiger partial charge in [0.1, 0.15) is 27.9 Å². The van der Waals surface area contributed by atoms with Gasteiger partial charge >= 0.3 is 0 Å². The van der Waals surface area contributed by atoms with Gasteiger partial charge in [-0.3, -0.25) is 5.41 Å². The first-order chi connectivity index (χ1) is 13.3. The van der Waals surface area contributed by atoms with Crippen molar-refractivity contribution in [1.82, 2.24) is 9.69 Å². The summed E-state index contributed by atoms with van der Waals surface area (Å²) in [5.41, 5.74) is 2.06. The molecule has 0 aliphatic rings. The fourth-order valence-electron chi connectivity index (χ4n) is 2.57. The number of nitrogens with zero attached hydrogens (tertiary/aromatic N) is 1. The standard InChI is InChI=1S/C20H21ClN4O2S/c1-11(2)23-18(22)17-19(26)25-28-20(17)24-13-8-9-15(12(3)10-13)27-16-7-5-4-6-14(16)21/h4-11,24H,1-3H3,(H2,22,23)(H,25,26).